The minimum Gasteiger partial charge on any atom is -1.00 e. The van der Waals surface area contributed by atoms with E-state index in [-0.39, 0.29) is 82.7 Å². The Hall–Kier alpha value is 1.18. The average molecular weight is 348 g/mol. The zero-order chi connectivity index (χ0) is 10.1. The summed E-state index contributed by atoms with van der Waals surface area (Å²) >= 11 is 0. The fourth-order valence-corrected chi connectivity index (χ4v) is 1.47. The van der Waals surface area contributed by atoms with Crippen LogP contribution in [-0.2, 0) is 9.59 Å². The molecule has 15 heavy (non-hydrogen) atoms. The van der Waals surface area contributed by atoms with Gasteiger partial charge in [-0.2, -0.15) is 0 Å². The number of urea groups is 1. The van der Waals surface area contributed by atoms with E-state index in [1.54, 1.807) is 13.8 Å². The maximum Gasteiger partial charge on any atom is 2.00 e. The molecule has 0 atom stereocenters. The summed E-state index contributed by atoms with van der Waals surface area (Å²) in [7, 11) is 0. The van der Waals surface area contributed by atoms with Crippen molar-refractivity contribution in [3.63, 3.8) is 0 Å². The summed E-state index contributed by atoms with van der Waals surface area (Å²) in [5.41, 5.74) is -1.06. The molecule has 2 N–H and O–H groups in total. The molecular formula is C8H15BaN2NaO3. The molecule has 0 unspecified atom stereocenters. The van der Waals surface area contributed by atoms with Gasteiger partial charge in [-0.25, -0.2) is 4.79 Å². The van der Waals surface area contributed by atoms with Gasteiger partial charge in [0.05, 0.1) is 0 Å². The summed E-state index contributed by atoms with van der Waals surface area (Å²) in [5.74, 6) is -0.988. The zero-order valence-corrected chi connectivity index (χ0v) is 15.8. The van der Waals surface area contributed by atoms with Crippen molar-refractivity contribution in [1.82, 2.24) is 10.6 Å². The SMILES string of the molecule is CCC1(CC)C(=O)NC(=O)NC1=O.[Ba+2].[H-].[H-].[H-].[Na+]. The molecule has 0 aromatic carbocycles. The molecule has 0 bridgehead atoms. The smallest absolute Gasteiger partial charge is 1.00 e. The molecule has 78 valence electrons. The Morgan fingerprint density at radius 1 is 1.07 bits per heavy atom. The van der Waals surface area contributed by atoms with Crippen LogP contribution in [-0.4, -0.2) is 66.7 Å². The third-order valence-corrected chi connectivity index (χ3v) is 2.53. The number of rotatable bonds is 2. The van der Waals surface area contributed by atoms with Crippen molar-refractivity contribution in [2.75, 3.05) is 0 Å². The van der Waals surface area contributed by atoms with E-state index in [0.717, 1.165) is 0 Å². The van der Waals surface area contributed by atoms with Gasteiger partial charge in [0.15, 0.2) is 0 Å². The summed E-state index contributed by atoms with van der Waals surface area (Å²) in [5, 5.41) is 4.19. The normalized spacial score (nSPS) is 18.1. The fraction of sp³-hybridized carbons (Fsp3) is 0.625. The average Bonchev–Trinajstić information content (AvgIpc) is 2.05. The molecule has 0 aliphatic carbocycles. The van der Waals surface area contributed by atoms with Crippen molar-refractivity contribution in [3.05, 3.63) is 0 Å². The molecule has 0 saturated carbocycles. The van der Waals surface area contributed by atoms with Crippen molar-refractivity contribution in [2.24, 2.45) is 5.41 Å². The predicted molar refractivity (Wildman–Crippen MR) is 53.8 cm³/mol. The molecule has 1 rings (SSSR count). The Morgan fingerprint density at radius 2 is 1.40 bits per heavy atom. The summed E-state index contributed by atoms with van der Waals surface area (Å²) in [6, 6.07) is -0.729. The number of carbonyl (C=O) groups is 3. The van der Waals surface area contributed by atoms with Crippen LogP contribution in [0.2, 0.25) is 0 Å². The standard InChI is InChI=1S/C8H12N2O3.Ba.Na.3H/c1-3-8(4-2)5(11)9-7(13)10-6(8)12;;;;;/h3-4H2,1-2H3,(H2,9,10,11,12,13);;;;;/q;+2;+1;3*-1. The monoisotopic (exact) mass is 348 g/mol. The molecule has 0 radical (unpaired) electrons. The molecule has 5 nitrogen and oxygen atoms in total. The van der Waals surface area contributed by atoms with Gasteiger partial charge in [0.2, 0.25) is 11.8 Å². The van der Waals surface area contributed by atoms with Crippen LogP contribution in [0.25, 0.3) is 0 Å². The summed E-state index contributed by atoms with van der Waals surface area (Å²) in [6.45, 7) is 3.50. The van der Waals surface area contributed by atoms with Gasteiger partial charge in [-0.1, -0.05) is 13.8 Å². The molecule has 1 aliphatic rings. The molecule has 4 amide bonds. The van der Waals surface area contributed by atoms with Crippen molar-refractivity contribution >= 4 is 66.7 Å². The molecule has 0 aromatic rings. The van der Waals surface area contributed by atoms with Crippen LogP contribution in [0, 0.1) is 5.41 Å². The second-order valence-corrected chi connectivity index (χ2v) is 3.03. The van der Waals surface area contributed by atoms with Crippen LogP contribution in [0.3, 0.4) is 0 Å². The fourth-order valence-electron chi connectivity index (χ4n) is 1.47. The van der Waals surface area contributed by atoms with E-state index in [1.165, 1.54) is 0 Å². The molecule has 1 saturated heterocycles. The Bertz CT molecular complexity index is 269. The summed E-state index contributed by atoms with van der Waals surface area (Å²) in [4.78, 5) is 33.6. The van der Waals surface area contributed by atoms with E-state index in [2.05, 4.69) is 10.6 Å². The van der Waals surface area contributed by atoms with Gasteiger partial charge in [0, 0.05) is 0 Å². The second-order valence-electron chi connectivity index (χ2n) is 3.03. The maximum absolute atomic E-state index is 11.4. The van der Waals surface area contributed by atoms with Gasteiger partial charge < -0.3 is 4.28 Å². The quantitative estimate of drug-likeness (QED) is 0.416. The first-order chi connectivity index (χ1) is 6.06. The topological polar surface area (TPSA) is 75.3 Å². The summed E-state index contributed by atoms with van der Waals surface area (Å²) < 4.78 is 0. The largest absolute Gasteiger partial charge is 2.00 e. The molecule has 1 fully saturated rings. The van der Waals surface area contributed by atoms with Gasteiger partial charge >= 0.3 is 84.5 Å². The molecular weight excluding hydrogens is 332 g/mol. The van der Waals surface area contributed by atoms with Gasteiger partial charge in [-0.05, 0) is 12.8 Å². The zero-order valence-electron chi connectivity index (χ0n) is 12.3. The van der Waals surface area contributed by atoms with Crippen LogP contribution in [0.4, 0.5) is 4.79 Å². The Balaban J connectivity index is -0.000000113. The molecule has 1 aliphatic heterocycles. The number of hydrogen-bond acceptors (Lipinski definition) is 3. The van der Waals surface area contributed by atoms with E-state index in [4.69, 9.17) is 0 Å². The van der Waals surface area contributed by atoms with Crippen LogP contribution in [0.5, 0.6) is 0 Å². The maximum atomic E-state index is 11.4. The number of carbonyl (C=O) groups excluding carboxylic acids is 3. The second kappa shape index (κ2) is 7.50. The number of imide groups is 2. The van der Waals surface area contributed by atoms with Crippen LogP contribution < -0.4 is 40.2 Å². The van der Waals surface area contributed by atoms with E-state index in [9.17, 15) is 14.4 Å². The minimum atomic E-state index is -1.06. The summed E-state index contributed by atoms with van der Waals surface area (Å²) in [6.07, 6.45) is 0.795. The van der Waals surface area contributed by atoms with Crippen molar-refractivity contribution in [2.45, 2.75) is 26.7 Å². The first kappa shape index (κ1) is 18.5. The van der Waals surface area contributed by atoms with Crippen molar-refractivity contribution in [3.8, 4) is 0 Å². The number of hydrogen-bond donors (Lipinski definition) is 2. The molecule has 1 heterocycles. The number of barbiturate groups is 1. The number of amides is 4. The third kappa shape index (κ3) is 3.57. The number of nitrogens with one attached hydrogen (secondary N) is 2. The Kier molecular flexibility index (Phi) is 9.27. The van der Waals surface area contributed by atoms with E-state index < -0.39 is 23.3 Å². The van der Waals surface area contributed by atoms with Crippen LogP contribution in [0.1, 0.15) is 31.0 Å². The minimum absolute atomic E-state index is 0. The third-order valence-electron chi connectivity index (χ3n) is 2.53. The Labute approximate surface area is 155 Å². The molecule has 7 heteroatoms. The van der Waals surface area contributed by atoms with Crippen molar-refractivity contribution in [1.29, 1.82) is 0 Å². The van der Waals surface area contributed by atoms with Gasteiger partial charge in [0.25, 0.3) is 0 Å². The van der Waals surface area contributed by atoms with Crippen LogP contribution in [0.15, 0.2) is 0 Å². The van der Waals surface area contributed by atoms with E-state index >= 15 is 0 Å². The van der Waals surface area contributed by atoms with Gasteiger partial charge in [-0.15, -0.1) is 0 Å². The first-order valence-corrected chi connectivity index (χ1v) is 4.23. The van der Waals surface area contributed by atoms with Crippen molar-refractivity contribution < 1.29 is 48.2 Å². The van der Waals surface area contributed by atoms with E-state index in [0.29, 0.717) is 12.8 Å². The predicted octanol–water partition coefficient (Wildman–Crippen LogP) is -2.88. The molecule has 0 aromatic heterocycles. The van der Waals surface area contributed by atoms with Gasteiger partial charge in [0.1, 0.15) is 5.41 Å². The molecule has 0 spiro atoms. The van der Waals surface area contributed by atoms with E-state index in [1.807, 2.05) is 0 Å². The first-order valence-electron chi connectivity index (χ1n) is 4.23. The Morgan fingerprint density at radius 3 is 1.67 bits per heavy atom. The van der Waals surface area contributed by atoms with Gasteiger partial charge in [-0.3, -0.25) is 20.2 Å². The van der Waals surface area contributed by atoms with Crippen LogP contribution >= 0.6 is 0 Å².